The van der Waals surface area contributed by atoms with E-state index in [0.29, 0.717) is 25.9 Å². The normalized spacial score (nSPS) is 18.0. The summed E-state index contributed by atoms with van der Waals surface area (Å²) < 4.78 is 0. The fraction of sp³-hybridized carbons (Fsp3) is 0.679. The minimum Gasteiger partial charge on any atom is -0.354 e. The molecule has 1 aliphatic heterocycles. The highest BCUT2D eigenvalue weighted by molar-refractivity contribution is 5.82. The summed E-state index contributed by atoms with van der Waals surface area (Å²) in [4.78, 5) is 31.6. The van der Waals surface area contributed by atoms with Gasteiger partial charge in [0.05, 0.1) is 12.4 Å². The van der Waals surface area contributed by atoms with Crippen molar-refractivity contribution in [2.24, 2.45) is 0 Å². The summed E-state index contributed by atoms with van der Waals surface area (Å²) in [5.74, 6) is 0.0952. The summed E-state index contributed by atoms with van der Waals surface area (Å²) in [5.41, 5.74) is 1.00. The maximum absolute atomic E-state index is 12.3. The van der Waals surface area contributed by atoms with Crippen LogP contribution in [0.3, 0.4) is 0 Å². The van der Waals surface area contributed by atoms with Gasteiger partial charge in [0.15, 0.2) is 0 Å². The van der Waals surface area contributed by atoms with Crippen LogP contribution < -0.4 is 16.0 Å². The Morgan fingerprint density at radius 1 is 1.03 bits per heavy atom. The lowest BCUT2D eigenvalue weighted by atomic mass is 10.1. The zero-order valence-electron chi connectivity index (χ0n) is 21.7. The van der Waals surface area contributed by atoms with E-state index in [2.05, 4.69) is 57.1 Å². The second-order valence-corrected chi connectivity index (χ2v) is 9.56. The van der Waals surface area contributed by atoms with Crippen molar-refractivity contribution in [3.8, 4) is 0 Å². The highest BCUT2D eigenvalue weighted by Gasteiger charge is 2.29. The molecule has 2 amide bonds. The Balaban J connectivity index is 1.40. The Hall–Kier alpha value is -2.41. The molecule has 1 aromatic heterocycles. The molecule has 1 saturated heterocycles. The molecule has 0 bridgehead atoms. The van der Waals surface area contributed by atoms with Gasteiger partial charge in [-0.15, -0.1) is 0 Å². The van der Waals surface area contributed by atoms with Gasteiger partial charge in [0, 0.05) is 43.9 Å². The van der Waals surface area contributed by atoms with Crippen LogP contribution in [0.25, 0.3) is 0 Å². The number of rotatable bonds is 19. The van der Waals surface area contributed by atoms with Crippen molar-refractivity contribution in [2.45, 2.75) is 109 Å². The monoisotopic (exact) mass is 485 g/mol. The SMILES string of the molecule is CCCCC/C=C\C/C=C\CCCCCCCC(=O)N[C@@H]1CN[C@H](C(=O)NCCc2cnc[nH]2)C1. The smallest absolute Gasteiger partial charge is 0.237 e. The van der Waals surface area contributed by atoms with Gasteiger partial charge in [-0.05, 0) is 44.9 Å². The van der Waals surface area contributed by atoms with Gasteiger partial charge in [-0.3, -0.25) is 9.59 Å². The van der Waals surface area contributed by atoms with Gasteiger partial charge in [-0.1, -0.05) is 63.3 Å². The van der Waals surface area contributed by atoms with Crippen molar-refractivity contribution in [2.75, 3.05) is 13.1 Å². The number of nitrogens with zero attached hydrogens (tertiary/aromatic N) is 1. The third-order valence-corrected chi connectivity index (χ3v) is 6.42. The number of hydrogen-bond donors (Lipinski definition) is 4. The maximum Gasteiger partial charge on any atom is 0.237 e. The molecule has 0 radical (unpaired) electrons. The predicted octanol–water partition coefficient (Wildman–Crippen LogP) is 4.73. The number of imidazole rings is 1. The van der Waals surface area contributed by atoms with Crippen molar-refractivity contribution in [1.82, 2.24) is 25.9 Å². The molecule has 4 N–H and O–H groups in total. The molecule has 1 aliphatic rings. The van der Waals surface area contributed by atoms with Gasteiger partial charge >= 0.3 is 0 Å². The van der Waals surface area contributed by atoms with Crippen LogP contribution in [-0.2, 0) is 16.0 Å². The molecule has 0 spiro atoms. The highest BCUT2D eigenvalue weighted by atomic mass is 16.2. The molecule has 2 rings (SSSR count). The Labute approximate surface area is 212 Å². The number of carbonyl (C=O) groups is 2. The van der Waals surface area contributed by atoms with Gasteiger partial charge < -0.3 is 20.9 Å². The van der Waals surface area contributed by atoms with Gasteiger partial charge in [0.1, 0.15) is 0 Å². The lowest BCUT2D eigenvalue weighted by Gasteiger charge is -2.13. The molecule has 0 aromatic carbocycles. The molecule has 7 nitrogen and oxygen atoms in total. The fourth-order valence-electron chi connectivity index (χ4n) is 4.31. The van der Waals surface area contributed by atoms with Crippen LogP contribution in [0.1, 0.15) is 96.1 Å². The van der Waals surface area contributed by atoms with Crippen LogP contribution in [0, 0.1) is 0 Å². The first kappa shape index (κ1) is 28.8. The Kier molecular flexibility index (Phi) is 15.5. The Morgan fingerprint density at radius 2 is 1.77 bits per heavy atom. The zero-order chi connectivity index (χ0) is 25.0. The minimum absolute atomic E-state index is 0.00465. The molecular weight excluding hydrogens is 438 g/mol. The molecule has 0 saturated carbocycles. The summed E-state index contributed by atoms with van der Waals surface area (Å²) in [7, 11) is 0. The van der Waals surface area contributed by atoms with Crippen molar-refractivity contribution in [3.63, 3.8) is 0 Å². The molecule has 0 unspecified atom stereocenters. The van der Waals surface area contributed by atoms with E-state index >= 15 is 0 Å². The van der Waals surface area contributed by atoms with E-state index in [1.54, 1.807) is 12.5 Å². The third kappa shape index (κ3) is 13.9. The van der Waals surface area contributed by atoms with Gasteiger partial charge in [-0.2, -0.15) is 0 Å². The molecule has 2 heterocycles. The number of nitrogens with one attached hydrogen (secondary N) is 4. The highest BCUT2D eigenvalue weighted by Crippen LogP contribution is 2.10. The molecule has 7 heteroatoms. The lowest BCUT2D eigenvalue weighted by molar-refractivity contribution is -0.123. The molecule has 1 aromatic rings. The van der Waals surface area contributed by atoms with E-state index < -0.39 is 0 Å². The first-order valence-corrected chi connectivity index (χ1v) is 13.8. The van der Waals surface area contributed by atoms with E-state index in [4.69, 9.17) is 0 Å². The van der Waals surface area contributed by atoms with E-state index in [0.717, 1.165) is 37.8 Å². The molecule has 0 aliphatic carbocycles. The number of H-pyrrole nitrogens is 1. The van der Waals surface area contributed by atoms with Crippen LogP contribution in [0.5, 0.6) is 0 Å². The number of allylic oxidation sites excluding steroid dienone is 4. The van der Waals surface area contributed by atoms with Crippen LogP contribution in [-0.4, -0.2) is 47.0 Å². The number of carbonyl (C=O) groups excluding carboxylic acids is 2. The molecular formula is C28H47N5O2. The Bertz CT molecular complexity index is 745. The van der Waals surface area contributed by atoms with Crippen molar-refractivity contribution in [1.29, 1.82) is 0 Å². The quantitative estimate of drug-likeness (QED) is 0.168. The van der Waals surface area contributed by atoms with Crippen molar-refractivity contribution in [3.05, 3.63) is 42.5 Å². The fourth-order valence-corrected chi connectivity index (χ4v) is 4.31. The number of amides is 2. The largest absolute Gasteiger partial charge is 0.354 e. The first-order valence-electron chi connectivity index (χ1n) is 13.8. The zero-order valence-corrected chi connectivity index (χ0v) is 21.7. The molecule has 1 fully saturated rings. The average Bonchev–Trinajstić information content (AvgIpc) is 3.54. The van der Waals surface area contributed by atoms with Crippen LogP contribution in [0.2, 0.25) is 0 Å². The number of unbranched alkanes of at least 4 members (excludes halogenated alkanes) is 8. The summed E-state index contributed by atoms with van der Waals surface area (Å²) in [6, 6.07) is -0.207. The van der Waals surface area contributed by atoms with E-state index in [9.17, 15) is 9.59 Å². The van der Waals surface area contributed by atoms with Crippen molar-refractivity contribution >= 4 is 11.8 Å². The number of aromatic nitrogens is 2. The average molecular weight is 486 g/mol. The van der Waals surface area contributed by atoms with Crippen LogP contribution in [0.15, 0.2) is 36.8 Å². The summed E-state index contributed by atoms with van der Waals surface area (Å²) >= 11 is 0. The van der Waals surface area contributed by atoms with Gasteiger partial charge in [-0.25, -0.2) is 4.98 Å². The van der Waals surface area contributed by atoms with Gasteiger partial charge in [0.25, 0.3) is 0 Å². The number of aromatic amines is 1. The van der Waals surface area contributed by atoms with Crippen molar-refractivity contribution < 1.29 is 9.59 Å². The van der Waals surface area contributed by atoms with E-state index in [-0.39, 0.29) is 23.9 Å². The van der Waals surface area contributed by atoms with E-state index in [1.165, 1.54) is 44.9 Å². The van der Waals surface area contributed by atoms with Crippen LogP contribution in [0.4, 0.5) is 0 Å². The summed E-state index contributed by atoms with van der Waals surface area (Å²) in [5, 5.41) is 9.26. The first-order chi connectivity index (χ1) is 17.2. The lowest BCUT2D eigenvalue weighted by Crippen LogP contribution is -2.41. The van der Waals surface area contributed by atoms with Crippen LogP contribution >= 0.6 is 0 Å². The third-order valence-electron chi connectivity index (χ3n) is 6.42. The van der Waals surface area contributed by atoms with E-state index in [1.807, 2.05) is 0 Å². The minimum atomic E-state index is -0.238. The molecule has 35 heavy (non-hydrogen) atoms. The predicted molar refractivity (Wildman–Crippen MR) is 143 cm³/mol. The topological polar surface area (TPSA) is 98.9 Å². The summed E-state index contributed by atoms with van der Waals surface area (Å²) in [6.45, 7) is 3.46. The molecule has 196 valence electrons. The second kappa shape index (κ2) is 18.9. The molecule has 2 atom stereocenters. The Morgan fingerprint density at radius 3 is 2.51 bits per heavy atom. The summed E-state index contributed by atoms with van der Waals surface area (Å²) in [6.07, 6.45) is 27.5. The standard InChI is InChI=1S/C28H47N5O2/c1-2-3-4-5-6-7-8-9-10-11-12-13-14-15-16-17-27(34)33-25-20-26(31-22-25)28(35)30-19-18-24-21-29-23-32-24/h6-7,9-10,21,23,25-26,31H,2-5,8,11-20,22H2,1H3,(H,29,32)(H,30,35)(H,33,34)/b7-6-,10-9-/t25-,26-/m0/s1. The number of hydrogen-bond acceptors (Lipinski definition) is 4. The maximum atomic E-state index is 12.3. The second-order valence-electron chi connectivity index (χ2n) is 9.56. The van der Waals surface area contributed by atoms with Gasteiger partial charge in [0.2, 0.25) is 11.8 Å².